The Bertz CT molecular complexity index is 547. The van der Waals surface area contributed by atoms with Crippen molar-refractivity contribution in [2.75, 3.05) is 0 Å². The van der Waals surface area contributed by atoms with Crippen molar-refractivity contribution in [2.45, 2.75) is 51.3 Å². The van der Waals surface area contributed by atoms with Crippen LogP contribution in [-0.2, 0) is 9.53 Å². The van der Waals surface area contributed by atoms with E-state index in [1.54, 1.807) is 26.8 Å². The number of ether oxygens (including phenoxy) is 1. The number of carboxylic acids is 1. The van der Waals surface area contributed by atoms with Gasteiger partial charge in [0.1, 0.15) is 5.60 Å². The van der Waals surface area contributed by atoms with Crippen molar-refractivity contribution >= 4 is 39.3 Å². The van der Waals surface area contributed by atoms with Gasteiger partial charge in [-0.05, 0) is 55.6 Å². The monoisotopic (exact) mass is 375 g/mol. The molecular formula is C14H18BrNO4S. The van der Waals surface area contributed by atoms with Crippen molar-refractivity contribution in [1.29, 1.82) is 0 Å². The summed E-state index contributed by atoms with van der Waals surface area (Å²) in [5, 5.41) is 11.4. The topological polar surface area (TPSA) is 66.8 Å². The molecule has 5 nitrogen and oxygen atoms in total. The number of carboxylic acid groups (broad SMARTS) is 1. The molecule has 1 amide bonds. The van der Waals surface area contributed by atoms with Crippen molar-refractivity contribution in [3.05, 3.63) is 20.8 Å². The first-order valence-electron chi connectivity index (χ1n) is 6.67. The molecule has 0 bridgehead atoms. The van der Waals surface area contributed by atoms with Crippen LogP contribution in [-0.4, -0.2) is 33.7 Å². The first-order chi connectivity index (χ1) is 9.69. The fourth-order valence-corrected chi connectivity index (χ4v) is 3.52. The van der Waals surface area contributed by atoms with Gasteiger partial charge in [-0.25, -0.2) is 9.59 Å². The van der Waals surface area contributed by atoms with Crippen molar-refractivity contribution < 1.29 is 19.4 Å². The first kappa shape index (κ1) is 16.3. The van der Waals surface area contributed by atoms with E-state index in [4.69, 9.17) is 4.74 Å². The standard InChI is InChI=1S/C14H18BrNO4S/c1-14(2,3)20-13(19)16(9-4-5-9)11(12(17)18)10-6-8(15)7-21-10/h6-7,9,11H,4-5H2,1-3H3,(H,17,18). The number of rotatable bonds is 4. The largest absolute Gasteiger partial charge is 0.479 e. The van der Waals surface area contributed by atoms with Gasteiger partial charge < -0.3 is 9.84 Å². The van der Waals surface area contributed by atoms with E-state index in [1.165, 1.54) is 16.2 Å². The van der Waals surface area contributed by atoms with Gasteiger partial charge in [0.25, 0.3) is 0 Å². The van der Waals surface area contributed by atoms with Gasteiger partial charge in [-0.15, -0.1) is 11.3 Å². The normalized spacial score (nSPS) is 16.4. The van der Waals surface area contributed by atoms with E-state index in [0.717, 1.165) is 17.3 Å². The highest BCUT2D eigenvalue weighted by molar-refractivity contribution is 9.10. The predicted octanol–water partition coefficient (Wildman–Crippen LogP) is 4.04. The molecule has 21 heavy (non-hydrogen) atoms. The predicted molar refractivity (Wildman–Crippen MR) is 83.5 cm³/mol. The lowest BCUT2D eigenvalue weighted by molar-refractivity contribution is -0.143. The van der Waals surface area contributed by atoms with E-state index in [-0.39, 0.29) is 6.04 Å². The molecular weight excluding hydrogens is 358 g/mol. The maximum absolute atomic E-state index is 12.4. The molecule has 1 fully saturated rings. The molecule has 7 heteroatoms. The third-order valence-electron chi connectivity index (χ3n) is 2.91. The molecule has 0 aromatic carbocycles. The molecule has 0 spiro atoms. The fourth-order valence-electron chi connectivity index (χ4n) is 1.98. The van der Waals surface area contributed by atoms with Crippen LogP contribution >= 0.6 is 27.3 Å². The molecule has 1 aromatic rings. The zero-order valence-electron chi connectivity index (χ0n) is 12.1. The van der Waals surface area contributed by atoms with Crippen molar-refractivity contribution in [3.8, 4) is 0 Å². The van der Waals surface area contributed by atoms with Crippen LogP contribution in [0.5, 0.6) is 0 Å². The summed E-state index contributed by atoms with van der Waals surface area (Å²) in [5.74, 6) is -1.04. The maximum Gasteiger partial charge on any atom is 0.411 e. The number of carbonyl (C=O) groups is 2. The Hall–Kier alpha value is -1.08. The number of thiophene rings is 1. The third kappa shape index (κ3) is 4.20. The molecule has 1 N–H and O–H groups in total. The lowest BCUT2D eigenvalue weighted by Crippen LogP contribution is -2.43. The number of carbonyl (C=O) groups excluding carboxylic acids is 1. The smallest absolute Gasteiger partial charge is 0.411 e. The number of aliphatic carboxylic acids is 1. The lowest BCUT2D eigenvalue weighted by Gasteiger charge is -2.31. The third-order valence-corrected chi connectivity index (χ3v) is 4.66. The molecule has 116 valence electrons. The van der Waals surface area contributed by atoms with Gasteiger partial charge in [0.15, 0.2) is 6.04 Å². The minimum Gasteiger partial charge on any atom is -0.479 e. The Kier molecular flexibility index (Phi) is 4.63. The number of hydrogen-bond donors (Lipinski definition) is 1. The molecule has 1 saturated carbocycles. The minimum atomic E-state index is -1.04. The van der Waals surface area contributed by atoms with Crippen LogP contribution in [0.3, 0.4) is 0 Å². The highest BCUT2D eigenvalue weighted by Gasteiger charge is 2.43. The average molecular weight is 376 g/mol. The Labute approximate surface area is 136 Å². The van der Waals surface area contributed by atoms with Gasteiger partial charge in [0.05, 0.1) is 0 Å². The summed E-state index contributed by atoms with van der Waals surface area (Å²) in [5.41, 5.74) is -0.649. The molecule has 1 aliphatic carbocycles. The second-order valence-corrected chi connectivity index (χ2v) is 7.89. The van der Waals surface area contributed by atoms with E-state index < -0.39 is 23.7 Å². The molecule has 0 radical (unpaired) electrons. The summed E-state index contributed by atoms with van der Waals surface area (Å²) in [7, 11) is 0. The highest BCUT2D eigenvalue weighted by atomic mass is 79.9. The van der Waals surface area contributed by atoms with Gasteiger partial charge >= 0.3 is 12.1 Å². The van der Waals surface area contributed by atoms with Gasteiger partial charge in [-0.1, -0.05) is 0 Å². The summed E-state index contributed by atoms with van der Waals surface area (Å²) < 4.78 is 6.19. The molecule has 1 aliphatic rings. The number of nitrogens with zero attached hydrogens (tertiary/aromatic N) is 1. The van der Waals surface area contributed by atoms with Crippen molar-refractivity contribution in [3.63, 3.8) is 0 Å². The van der Waals surface area contributed by atoms with Crippen molar-refractivity contribution in [2.24, 2.45) is 0 Å². The minimum absolute atomic E-state index is 0.0539. The lowest BCUT2D eigenvalue weighted by atomic mass is 10.2. The highest BCUT2D eigenvalue weighted by Crippen LogP contribution is 2.38. The quantitative estimate of drug-likeness (QED) is 0.862. The van der Waals surface area contributed by atoms with Crippen LogP contribution in [0.2, 0.25) is 0 Å². The van der Waals surface area contributed by atoms with E-state index in [0.29, 0.717) is 4.88 Å². The van der Waals surface area contributed by atoms with Gasteiger partial charge in [-0.3, -0.25) is 4.90 Å². The summed E-state index contributed by atoms with van der Waals surface area (Å²) >= 11 is 4.64. The number of amides is 1. The number of halogens is 1. The molecule has 1 unspecified atom stereocenters. The summed E-state index contributed by atoms with van der Waals surface area (Å²) in [6.07, 6.45) is 1.06. The van der Waals surface area contributed by atoms with Gasteiger partial charge in [-0.2, -0.15) is 0 Å². The van der Waals surface area contributed by atoms with Crippen molar-refractivity contribution in [1.82, 2.24) is 4.90 Å². The van der Waals surface area contributed by atoms with Crippen LogP contribution in [0.4, 0.5) is 4.79 Å². The van der Waals surface area contributed by atoms with Crippen LogP contribution in [0.1, 0.15) is 44.5 Å². The first-order valence-corrected chi connectivity index (χ1v) is 8.34. The average Bonchev–Trinajstić information content (AvgIpc) is 3.05. The van der Waals surface area contributed by atoms with Gasteiger partial charge in [0, 0.05) is 20.8 Å². The van der Waals surface area contributed by atoms with Gasteiger partial charge in [0.2, 0.25) is 0 Å². The summed E-state index contributed by atoms with van der Waals surface area (Å²) in [6, 6.07) is 0.689. The maximum atomic E-state index is 12.4. The summed E-state index contributed by atoms with van der Waals surface area (Å²) in [4.78, 5) is 26.1. The van der Waals surface area contributed by atoms with E-state index in [9.17, 15) is 14.7 Å². The van der Waals surface area contributed by atoms with Crippen LogP contribution in [0, 0.1) is 0 Å². The summed E-state index contributed by atoms with van der Waals surface area (Å²) in [6.45, 7) is 5.31. The van der Waals surface area contributed by atoms with Crippen LogP contribution < -0.4 is 0 Å². The molecule has 0 saturated heterocycles. The van der Waals surface area contributed by atoms with E-state index in [2.05, 4.69) is 15.9 Å². The Morgan fingerprint density at radius 1 is 1.48 bits per heavy atom. The molecule has 0 aliphatic heterocycles. The second kappa shape index (κ2) is 5.96. The Morgan fingerprint density at radius 3 is 2.48 bits per heavy atom. The van der Waals surface area contributed by atoms with Crippen LogP contribution in [0.15, 0.2) is 15.9 Å². The molecule has 1 atom stereocenters. The van der Waals surface area contributed by atoms with E-state index >= 15 is 0 Å². The van der Waals surface area contributed by atoms with Crippen LogP contribution in [0.25, 0.3) is 0 Å². The Morgan fingerprint density at radius 2 is 2.10 bits per heavy atom. The van der Waals surface area contributed by atoms with E-state index in [1.807, 2.05) is 5.38 Å². The SMILES string of the molecule is CC(C)(C)OC(=O)N(C1CC1)C(C(=O)O)c1cc(Br)cs1. The Balaban J connectivity index is 2.30. The zero-order valence-corrected chi connectivity index (χ0v) is 14.5. The number of hydrogen-bond acceptors (Lipinski definition) is 4. The second-order valence-electron chi connectivity index (χ2n) is 6.03. The molecule has 1 aromatic heterocycles. The fraction of sp³-hybridized carbons (Fsp3) is 0.571. The molecule has 1 heterocycles. The zero-order chi connectivity index (χ0) is 15.8. The molecule has 2 rings (SSSR count).